The Morgan fingerprint density at radius 2 is 1.74 bits per heavy atom. The summed E-state index contributed by atoms with van der Waals surface area (Å²) in [6, 6.07) is 6.84. The Morgan fingerprint density at radius 1 is 1.21 bits per heavy atom. The first kappa shape index (κ1) is 15.7. The molecule has 0 radical (unpaired) electrons. The molecule has 0 aliphatic heterocycles. The number of Topliss-reactive ketones (excluding diaryl/α,β-unsaturated/α-hetero) is 1. The van der Waals surface area contributed by atoms with Crippen LogP contribution in [0.15, 0.2) is 24.3 Å². The number of ketones is 1. The van der Waals surface area contributed by atoms with Crippen molar-refractivity contribution in [2.24, 2.45) is 5.92 Å². The Kier molecular flexibility index (Phi) is 5.12. The van der Waals surface area contributed by atoms with E-state index in [1.807, 2.05) is 26.0 Å². The third-order valence-corrected chi connectivity index (χ3v) is 2.90. The van der Waals surface area contributed by atoms with Crippen LogP contribution >= 0.6 is 0 Å². The van der Waals surface area contributed by atoms with Crippen LogP contribution in [-0.4, -0.2) is 22.5 Å². The smallest absolute Gasteiger partial charge is 0.152 e. The van der Waals surface area contributed by atoms with E-state index < -0.39 is 0 Å². The minimum Gasteiger partial charge on any atom is -0.508 e. The fourth-order valence-corrected chi connectivity index (χ4v) is 2.02. The van der Waals surface area contributed by atoms with Crippen LogP contribution in [0.25, 0.3) is 0 Å². The minimum absolute atomic E-state index is 0.0111. The molecule has 0 aliphatic carbocycles. The summed E-state index contributed by atoms with van der Waals surface area (Å²) in [6.07, 6.45) is 0.647. The van der Waals surface area contributed by atoms with E-state index >= 15 is 0 Å². The Balaban J connectivity index is 2.85. The van der Waals surface area contributed by atoms with E-state index in [1.165, 1.54) is 0 Å². The zero-order chi connectivity index (χ0) is 14.6. The molecule has 0 spiro atoms. The van der Waals surface area contributed by atoms with Crippen LogP contribution < -0.4 is 5.32 Å². The highest BCUT2D eigenvalue weighted by Crippen LogP contribution is 2.15. The summed E-state index contributed by atoms with van der Waals surface area (Å²) in [5.41, 5.74) is 0.945. The number of phenols is 1. The molecule has 0 bridgehead atoms. The van der Waals surface area contributed by atoms with E-state index in [0.29, 0.717) is 6.42 Å². The second kappa shape index (κ2) is 6.20. The minimum atomic E-state index is -0.190. The molecule has 1 atom stereocenters. The lowest BCUT2D eigenvalue weighted by molar-refractivity contribution is -0.124. The van der Waals surface area contributed by atoms with E-state index in [0.717, 1.165) is 5.56 Å². The highest BCUT2D eigenvalue weighted by molar-refractivity contribution is 5.86. The summed E-state index contributed by atoms with van der Waals surface area (Å²) in [6.45, 7) is 10.0. The number of phenolic OH excluding ortho intramolecular Hbond substituents is 1. The molecule has 2 N–H and O–H groups in total. The van der Waals surface area contributed by atoms with E-state index in [4.69, 9.17) is 0 Å². The molecule has 1 aromatic rings. The van der Waals surface area contributed by atoms with E-state index in [1.54, 1.807) is 12.1 Å². The van der Waals surface area contributed by atoms with Gasteiger partial charge in [-0.1, -0.05) is 26.0 Å². The Bertz CT molecular complexity index is 415. The second-order valence-electron chi connectivity index (χ2n) is 6.37. The summed E-state index contributed by atoms with van der Waals surface area (Å²) in [4.78, 5) is 12.3. The van der Waals surface area contributed by atoms with E-state index in [2.05, 4.69) is 26.1 Å². The lowest BCUT2D eigenvalue weighted by Gasteiger charge is -2.29. The van der Waals surface area contributed by atoms with Gasteiger partial charge in [-0.2, -0.15) is 0 Å². The number of hydrogen-bond acceptors (Lipinski definition) is 3. The first-order valence-corrected chi connectivity index (χ1v) is 6.78. The molecule has 1 aromatic carbocycles. The van der Waals surface area contributed by atoms with Gasteiger partial charge in [-0.15, -0.1) is 0 Å². The number of carbonyl (C=O) groups is 1. The van der Waals surface area contributed by atoms with Crippen molar-refractivity contribution in [3.63, 3.8) is 0 Å². The highest BCUT2D eigenvalue weighted by atomic mass is 16.3. The normalized spacial score (nSPS) is 13.6. The van der Waals surface area contributed by atoms with Crippen LogP contribution in [0.2, 0.25) is 0 Å². The van der Waals surface area contributed by atoms with Gasteiger partial charge in [-0.05, 0) is 44.9 Å². The van der Waals surface area contributed by atoms with Crippen LogP contribution in [0.1, 0.15) is 40.2 Å². The fourth-order valence-electron chi connectivity index (χ4n) is 2.02. The van der Waals surface area contributed by atoms with Gasteiger partial charge in [-0.3, -0.25) is 4.79 Å². The number of carbonyl (C=O) groups excluding carboxylic acids is 1. The fraction of sp³-hybridized carbons (Fsp3) is 0.562. The Hall–Kier alpha value is -1.35. The van der Waals surface area contributed by atoms with Gasteiger partial charge in [0.15, 0.2) is 5.78 Å². The summed E-state index contributed by atoms with van der Waals surface area (Å²) >= 11 is 0. The van der Waals surface area contributed by atoms with Gasteiger partial charge in [0.05, 0.1) is 6.04 Å². The third-order valence-electron chi connectivity index (χ3n) is 2.90. The largest absolute Gasteiger partial charge is 0.508 e. The molecule has 3 heteroatoms. The maximum atomic E-state index is 12.3. The Labute approximate surface area is 116 Å². The van der Waals surface area contributed by atoms with Gasteiger partial charge >= 0.3 is 0 Å². The van der Waals surface area contributed by atoms with Crippen LogP contribution in [0.3, 0.4) is 0 Å². The summed E-state index contributed by atoms with van der Waals surface area (Å²) < 4.78 is 0. The molecule has 0 amide bonds. The topological polar surface area (TPSA) is 49.3 Å². The predicted octanol–water partition coefficient (Wildman–Crippen LogP) is 2.92. The van der Waals surface area contributed by atoms with Gasteiger partial charge in [0.2, 0.25) is 0 Å². The number of aromatic hydroxyl groups is 1. The van der Waals surface area contributed by atoms with Gasteiger partial charge in [-0.25, -0.2) is 0 Å². The van der Waals surface area contributed by atoms with Crippen molar-refractivity contribution in [3.05, 3.63) is 29.8 Å². The van der Waals surface area contributed by atoms with Crippen LogP contribution in [0.4, 0.5) is 0 Å². The van der Waals surface area contributed by atoms with Crippen molar-refractivity contribution in [2.45, 2.75) is 52.6 Å². The summed E-state index contributed by atoms with van der Waals surface area (Å²) in [5, 5.41) is 12.7. The molecule has 0 fully saturated rings. The number of rotatable bonds is 5. The van der Waals surface area contributed by atoms with E-state index in [9.17, 15) is 9.90 Å². The highest BCUT2D eigenvalue weighted by Gasteiger charge is 2.25. The Morgan fingerprint density at radius 3 is 2.16 bits per heavy atom. The third kappa shape index (κ3) is 5.43. The number of hydrogen-bond donors (Lipinski definition) is 2. The van der Waals surface area contributed by atoms with Crippen molar-refractivity contribution >= 4 is 5.78 Å². The van der Waals surface area contributed by atoms with Gasteiger partial charge in [0.25, 0.3) is 0 Å². The van der Waals surface area contributed by atoms with Gasteiger partial charge in [0.1, 0.15) is 5.75 Å². The molecule has 106 valence electrons. The molecular weight excluding hydrogens is 238 g/mol. The first-order valence-electron chi connectivity index (χ1n) is 6.78. The molecule has 0 saturated carbocycles. The average Bonchev–Trinajstić information content (AvgIpc) is 2.28. The lowest BCUT2D eigenvalue weighted by atomic mass is 9.93. The predicted molar refractivity (Wildman–Crippen MR) is 78.3 cm³/mol. The molecule has 0 heterocycles. The molecule has 0 aromatic heterocycles. The van der Waals surface area contributed by atoms with Crippen LogP contribution in [0, 0.1) is 5.92 Å². The standard InChI is InChI=1S/C16H25NO2/c1-11(2)15(19)14(17-16(3,4)5)10-12-6-8-13(18)9-7-12/h6-9,11,14,17-18H,10H2,1-5H3. The van der Waals surface area contributed by atoms with Crippen LogP contribution in [-0.2, 0) is 11.2 Å². The van der Waals surface area contributed by atoms with Crippen LogP contribution in [0.5, 0.6) is 5.75 Å². The maximum absolute atomic E-state index is 12.3. The van der Waals surface area contributed by atoms with Crippen molar-refractivity contribution in [1.82, 2.24) is 5.32 Å². The molecule has 0 saturated heterocycles. The molecular formula is C16H25NO2. The molecule has 1 rings (SSSR count). The molecule has 1 unspecified atom stereocenters. The van der Waals surface area contributed by atoms with Gasteiger partial charge < -0.3 is 10.4 Å². The molecule has 19 heavy (non-hydrogen) atoms. The molecule has 0 aliphatic rings. The lowest BCUT2D eigenvalue weighted by Crippen LogP contribution is -2.50. The van der Waals surface area contributed by atoms with Crippen molar-refractivity contribution in [2.75, 3.05) is 0 Å². The summed E-state index contributed by atoms with van der Waals surface area (Å²) in [5.74, 6) is 0.485. The zero-order valence-corrected chi connectivity index (χ0v) is 12.5. The van der Waals surface area contributed by atoms with Gasteiger partial charge in [0, 0.05) is 11.5 Å². The number of benzene rings is 1. The van der Waals surface area contributed by atoms with E-state index in [-0.39, 0.29) is 29.0 Å². The monoisotopic (exact) mass is 263 g/mol. The quantitative estimate of drug-likeness (QED) is 0.858. The average molecular weight is 263 g/mol. The van der Waals surface area contributed by atoms with Crippen molar-refractivity contribution in [3.8, 4) is 5.75 Å². The number of nitrogens with one attached hydrogen (secondary N) is 1. The maximum Gasteiger partial charge on any atom is 0.152 e. The molecule has 3 nitrogen and oxygen atoms in total. The SMILES string of the molecule is CC(C)C(=O)C(Cc1ccc(O)cc1)NC(C)(C)C. The van der Waals surface area contributed by atoms with Crippen molar-refractivity contribution in [1.29, 1.82) is 0 Å². The first-order chi connectivity index (χ1) is 8.69. The summed E-state index contributed by atoms with van der Waals surface area (Å²) in [7, 11) is 0. The zero-order valence-electron chi connectivity index (χ0n) is 12.5. The van der Waals surface area contributed by atoms with Crippen molar-refractivity contribution < 1.29 is 9.90 Å². The second-order valence-corrected chi connectivity index (χ2v) is 6.37.